The van der Waals surface area contributed by atoms with E-state index in [4.69, 9.17) is 5.11 Å². The lowest BCUT2D eigenvalue weighted by molar-refractivity contribution is -0.159. The molecule has 0 aliphatic carbocycles. The SMILES string of the molecule is CC(O)CN1C(=O)COCC1=O. The van der Waals surface area contributed by atoms with E-state index in [9.17, 15) is 9.59 Å². The van der Waals surface area contributed by atoms with Crippen LogP contribution in [0.2, 0.25) is 0 Å². The van der Waals surface area contributed by atoms with E-state index < -0.39 is 6.10 Å². The molecule has 1 aliphatic heterocycles. The largest absolute Gasteiger partial charge is 0.392 e. The highest BCUT2D eigenvalue weighted by Gasteiger charge is 2.27. The summed E-state index contributed by atoms with van der Waals surface area (Å²) in [6.07, 6.45) is -0.684. The zero-order chi connectivity index (χ0) is 9.14. The van der Waals surface area contributed by atoms with Gasteiger partial charge in [-0.25, -0.2) is 0 Å². The molecule has 0 bridgehead atoms. The molecule has 2 amide bonds. The number of amides is 2. The summed E-state index contributed by atoms with van der Waals surface area (Å²) < 4.78 is 4.68. The fourth-order valence-electron chi connectivity index (χ4n) is 0.988. The predicted molar refractivity (Wildman–Crippen MR) is 39.2 cm³/mol. The highest BCUT2D eigenvalue weighted by Crippen LogP contribution is 2.01. The Bertz CT molecular complexity index is 186. The first-order valence-electron chi connectivity index (χ1n) is 3.70. The average Bonchev–Trinajstić information content (AvgIpc) is 1.97. The van der Waals surface area contributed by atoms with E-state index in [1.54, 1.807) is 0 Å². The van der Waals surface area contributed by atoms with Crippen LogP contribution in [-0.4, -0.2) is 47.7 Å². The molecule has 12 heavy (non-hydrogen) atoms. The maximum absolute atomic E-state index is 11.0. The van der Waals surface area contributed by atoms with E-state index in [0.717, 1.165) is 4.90 Å². The summed E-state index contributed by atoms with van der Waals surface area (Å²) in [6.45, 7) is 1.44. The van der Waals surface area contributed by atoms with Crippen LogP contribution in [0, 0.1) is 0 Å². The van der Waals surface area contributed by atoms with E-state index >= 15 is 0 Å². The van der Waals surface area contributed by atoms with Gasteiger partial charge in [-0.2, -0.15) is 0 Å². The van der Waals surface area contributed by atoms with Gasteiger partial charge in [-0.1, -0.05) is 0 Å². The van der Waals surface area contributed by atoms with Gasteiger partial charge in [-0.15, -0.1) is 0 Å². The fraction of sp³-hybridized carbons (Fsp3) is 0.714. The van der Waals surface area contributed by atoms with Gasteiger partial charge in [-0.3, -0.25) is 14.5 Å². The number of ether oxygens (including phenoxy) is 1. The molecule has 0 saturated carbocycles. The molecule has 0 aromatic carbocycles. The Morgan fingerprint density at radius 3 is 2.42 bits per heavy atom. The van der Waals surface area contributed by atoms with E-state index in [2.05, 4.69) is 4.74 Å². The summed E-state index contributed by atoms with van der Waals surface area (Å²) in [7, 11) is 0. The number of carbonyl (C=O) groups excluding carboxylic acids is 2. The van der Waals surface area contributed by atoms with Gasteiger partial charge in [-0.05, 0) is 6.92 Å². The molecular weight excluding hydrogens is 162 g/mol. The van der Waals surface area contributed by atoms with Crippen LogP contribution in [0.1, 0.15) is 6.92 Å². The Balaban J connectivity index is 2.57. The highest BCUT2D eigenvalue weighted by molar-refractivity contribution is 5.98. The molecule has 0 aromatic heterocycles. The molecule has 1 fully saturated rings. The quantitative estimate of drug-likeness (QED) is 0.530. The van der Waals surface area contributed by atoms with Crippen molar-refractivity contribution < 1.29 is 19.4 Å². The zero-order valence-corrected chi connectivity index (χ0v) is 6.82. The van der Waals surface area contributed by atoms with E-state index in [0.29, 0.717) is 0 Å². The third-order valence-electron chi connectivity index (χ3n) is 1.50. The number of aliphatic hydroxyl groups is 1. The lowest BCUT2D eigenvalue weighted by Gasteiger charge is -2.25. The van der Waals surface area contributed by atoms with Gasteiger partial charge in [0, 0.05) is 0 Å². The van der Waals surface area contributed by atoms with Gasteiger partial charge in [0.1, 0.15) is 13.2 Å². The van der Waals surface area contributed by atoms with Crippen LogP contribution in [0.3, 0.4) is 0 Å². The maximum Gasteiger partial charge on any atom is 0.255 e. The molecule has 1 N–H and O–H groups in total. The zero-order valence-electron chi connectivity index (χ0n) is 6.82. The van der Waals surface area contributed by atoms with Crippen LogP contribution in [0.4, 0.5) is 0 Å². The number of morpholine rings is 1. The van der Waals surface area contributed by atoms with Crippen LogP contribution in [0.5, 0.6) is 0 Å². The maximum atomic E-state index is 11.0. The van der Waals surface area contributed by atoms with Crippen molar-refractivity contribution in [2.75, 3.05) is 19.8 Å². The Kier molecular flexibility index (Phi) is 2.78. The number of carbonyl (C=O) groups is 2. The van der Waals surface area contributed by atoms with E-state index in [1.165, 1.54) is 6.92 Å². The number of rotatable bonds is 2. The van der Waals surface area contributed by atoms with Gasteiger partial charge in [0.05, 0.1) is 12.6 Å². The lowest BCUT2D eigenvalue weighted by atomic mass is 10.3. The first-order valence-corrected chi connectivity index (χ1v) is 3.70. The fourth-order valence-corrected chi connectivity index (χ4v) is 0.988. The molecule has 5 heteroatoms. The molecule has 0 aromatic rings. The van der Waals surface area contributed by atoms with Gasteiger partial charge in [0.25, 0.3) is 11.8 Å². The molecule has 1 atom stereocenters. The molecule has 1 saturated heterocycles. The van der Waals surface area contributed by atoms with Gasteiger partial charge in [0.15, 0.2) is 0 Å². The van der Waals surface area contributed by atoms with Gasteiger partial charge >= 0.3 is 0 Å². The second kappa shape index (κ2) is 3.64. The Morgan fingerprint density at radius 2 is 2.00 bits per heavy atom. The summed E-state index contributed by atoms with van der Waals surface area (Å²) in [6, 6.07) is 0. The van der Waals surface area contributed by atoms with Crippen LogP contribution in [0.25, 0.3) is 0 Å². The highest BCUT2D eigenvalue weighted by atomic mass is 16.5. The number of hydrogen-bond donors (Lipinski definition) is 1. The minimum Gasteiger partial charge on any atom is -0.392 e. The third-order valence-corrected chi connectivity index (χ3v) is 1.50. The number of imide groups is 1. The lowest BCUT2D eigenvalue weighted by Crippen LogP contribution is -2.48. The molecular formula is C7H11NO4. The van der Waals surface area contributed by atoms with Crippen molar-refractivity contribution >= 4 is 11.8 Å². The molecule has 5 nitrogen and oxygen atoms in total. The summed E-state index contributed by atoms with van der Waals surface area (Å²) in [5.41, 5.74) is 0. The second-order valence-corrected chi connectivity index (χ2v) is 2.74. The number of aliphatic hydroxyl groups excluding tert-OH is 1. The summed E-state index contributed by atoms with van der Waals surface area (Å²) in [5.74, 6) is -0.765. The predicted octanol–water partition coefficient (Wildman–Crippen LogP) is -1.25. The Hall–Kier alpha value is -0.940. The van der Waals surface area contributed by atoms with Crippen molar-refractivity contribution in [3.63, 3.8) is 0 Å². The molecule has 0 radical (unpaired) electrons. The Labute approximate surface area is 69.9 Å². The standard InChI is InChI=1S/C7H11NO4/c1-5(9)2-8-6(10)3-12-4-7(8)11/h5,9H,2-4H2,1H3. The summed E-state index contributed by atoms with van der Waals surface area (Å²) >= 11 is 0. The van der Waals surface area contributed by atoms with Crippen LogP contribution < -0.4 is 0 Å². The van der Waals surface area contributed by atoms with Crippen molar-refractivity contribution in [3.05, 3.63) is 0 Å². The summed E-state index contributed by atoms with van der Waals surface area (Å²) in [5, 5.41) is 8.95. The minimum absolute atomic E-state index is 0.0566. The Morgan fingerprint density at radius 1 is 1.50 bits per heavy atom. The second-order valence-electron chi connectivity index (χ2n) is 2.74. The van der Waals surface area contributed by atoms with Crippen LogP contribution >= 0.6 is 0 Å². The molecule has 1 unspecified atom stereocenters. The van der Waals surface area contributed by atoms with Crippen molar-refractivity contribution in [1.82, 2.24) is 4.90 Å². The first-order chi connectivity index (χ1) is 5.61. The van der Waals surface area contributed by atoms with Crippen molar-refractivity contribution in [2.45, 2.75) is 13.0 Å². The van der Waals surface area contributed by atoms with Crippen molar-refractivity contribution in [3.8, 4) is 0 Å². The topological polar surface area (TPSA) is 66.8 Å². The molecule has 1 heterocycles. The van der Waals surface area contributed by atoms with Gasteiger partial charge in [0.2, 0.25) is 0 Å². The first kappa shape index (κ1) is 9.15. The third kappa shape index (κ3) is 2.02. The molecule has 68 valence electrons. The average molecular weight is 173 g/mol. The minimum atomic E-state index is -0.684. The smallest absolute Gasteiger partial charge is 0.255 e. The van der Waals surface area contributed by atoms with Crippen molar-refractivity contribution in [2.24, 2.45) is 0 Å². The molecule has 1 aliphatic rings. The van der Waals surface area contributed by atoms with Crippen LogP contribution in [-0.2, 0) is 14.3 Å². The van der Waals surface area contributed by atoms with E-state index in [-0.39, 0.29) is 31.6 Å². The number of hydrogen-bond acceptors (Lipinski definition) is 4. The number of β-amino-alcohol motifs (C(OH)–C–C–N with tert-alkyl or cyclic N) is 1. The van der Waals surface area contributed by atoms with Gasteiger partial charge < -0.3 is 9.84 Å². The molecule has 1 rings (SSSR count). The van der Waals surface area contributed by atoms with Crippen molar-refractivity contribution in [1.29, 1.82) is 0 Å². The number of nitrogens with zero attached hydrogens (tertiary/aromatic N) is 1. The normalized spacial score (nSPS) is 21.3. The monoisotopic (exact) mass is 173 g/mol. The summed E-state index contributed by atoms with van der Waals surface area (Å²) in [4.78, 5) is 23.0. The van der Waals surface area contributed by atoms with Crippen LogP contribution in [0.15, 0.2) is 0 Å². The van der Waals surface area contributed by atoms with E-state index in [1.807, 2.05) is 0 Å². The molecule has 0 spiro atoms.